The van der Waals surface area contributed by atoms with E-state index in [1.807, 2.05) is 0 Å². The summed E-state index contributed by atoms with van der Waals surface area (Å²) >= 11 is 0. The largest absolute Gasteiger partial charge is 0.311 e. The average molecular weight is 252 g/mol. The first kappa shape index (κ1) is 15.2. The maximum atomic E-state index is 4.31. The standard InChI is InChI=1S/C14H28N4/c1-6-7-12-10-13(17-16-12)11-18(5)9-8-15-14(2,3)4/h10,15H,6-9,11H2,1-5H3,(H,16,17). The summed E-state index contributed by atoms with van der Waals surface area (Å²) in [5.74, 6) is 0. The summed E-state index contributed by atoms with van der Waals surface area (Å²) < 4.78 is 0. The molecule has 0 aromatic carbocycles. The van der Waals surface area contributed by atoms with E-state index in [-0.39, 0.29) is 5.54 Å². The van der Waals surface area contributed by atoms with Crippen LogP contribution in [0.25, 0.3) is 0 Å². The van der Waals surface area contributed by atoms with Gasteiger partial charge in [0.05, 0.1) is 5.69 Å². The molecule has 0 spiro atoms. The van der Waals surface area contributed by atoms with Gasteiger partial charge < -0.3 is 5.32 Å². The van der Waals surface area contributed by atoms with Crippen LogP contribution in [0.4, 0.5) is 0 Å². The van der Waals surface area contributed by atoms with Crippen molar-refractivity contribution in [1.82, 2.24) is 20.4 Å². The number of hydrogen-bond donors (Lipinski definition) is 2. The molecule has 0 amide bonds. The smallest absolute Gasteiger partial charge is 0.0625 e. The third kappa shape index (κ3) is 6.17. The molecule has 0 aliphatic carbocycles. The third-order valence-corrected chi connectivity index (χ3v) is 2.78. The number of aromatic amines is 1. The Morgan fingerprint density at radius 3 is 2.72 bits per heavy atom. The zero-order valence-corrected chi connectivity index (χ0v) is 12.5. The lowest BCUT2D eigenvalue weighted by atomic mass is 10.1. The average Bonchev–Trinajstić information content (AvgIpc) is 2.64. The van der Waals surface area contributed by atoms with E-state index < -0.39 is 0 Å². The number of hydrogen-bond acceptors (Lipinski definition) is 3. The molecule has 0 saturated carbocycles. The first-order valence-corrected chi connectivity index (χ1v) is 6.87. The number of likely N-dealkylation sites (N-methyl/N-ethyl adjacent to an activating group) is 1. The van der Waals surface area contributed by atoms with Crippen LogP contribution in [0, 0.1) is 0 Å². The molecule has 1 rings (SSSR count). The molecule has 4 nitrogen and oxygen atoms in total. The van der Waals surface area contributed by atoms with Gasteiger partial charge in [0, 0.05) is 30.9 Å². The van der Waals surface area contributed by atoms with E-state index in [2.05, 4.69) is 61.2 Å². The Hall–Kier alpha value is -0.870. The first-order valence-electron chi connectivity index (χ1n) is 6.87. The van der Waals surface area contributed by atoms with E-state index in [9.17, 15) is 0 Å². The third-order valence-electron chi connectivity index (χ3n) is 2.78. The summed E-state index contributed by atoms with van der Waals surface area (Å²) in [7, 11) is 2.14. The molecule has 1 heterocycles. The quantitative estimate of drug-likeness (QED) is 0.782. The summed E-state index contributed by atoms with van der Waals surface area (Å²) in [6, 6.07) is 2.18. The van der Waals surface area contributed by atoms with E-state index in [1.165, 1.54) is 11.4 Å². The summed E-state index contributed by atoms with van der Waals surface area (Å²) in [6.45, 7) is 11.7. The molecule has 0 fully saturated rings. The fourth-order valence-corrected chi connectivity index (χ4v) is 1.87. The highest BCUT2D eigenvalue weighted by atomic mass is 15.2. The molecule has 0 saturated heterocycles. The zero-order valence-electron chi connectivity index (χ0n) is 12.5. The number of aryl methyl sites for hydroxylation is 1. The Balaban J connectivity index is 2.28. The van der Waals surface area contributed by atoms with Crippen molar-refractivity contribution >= 4 is 0 Å². The van der Waals surface area contributed by atoms with Gasteiger partial charge in [-0.3, -0.25) is 10.00 Å². The van der Waals surface area contributed by atoms with Crippen LogP contribution in [0.3, 0.4) is 0 Å². The minimum absolute atomic E-state index is 0.198. The van der Waals surface area contributed by atoms with Crippen molar-refractivity contribution in [2.75, 3.05) is 20.1 Å². The Bertz CT molecular complexity index is 338. The highest BCUT2D eigenvalue weighted by Crippen LogP contribution is 2.05. The van der Waals surface area contributed by atoms with E-state index in [1.54, 1.807) is 0 Å². The fourth-order valence-electron chi connectivity index (χ4n) is 1.87. The molecule has 0 atom stereocenters. The maximum absolute atomic E-state index is 4.31. The van der Waals surface area contributed by atoms with Crippen molar-refractivity contribution in [3.05, 3.63) is 17.5 Å². The van der Waals surface area contributed by atoms with Crippen LogP contribution in [-0.2, 0) is 13.0 Å². The molecule has 0 bridgehead atoms. The van der Waals surface area contributed by atoms with Crippen molar-refractivity contribution in [1.29, 1.82) is 0 Å². The maximum Gasteiger partial charge on any atom is 0.0625 e. The highest BCUT2D eigenvalue weighted by Gasteiger charge is 2.09. The summed E-state index contributed by atoms with van der Waals surface area (Å²) in [6.07, 6.45) is 2.21. The van der Waals surface area contributed by atoms with E-state index >= 15 is 0 Å². The molecule has 0 unspecified atom stereocenters. The van der Waals surface area contributed by atoms with Crippen LogP contribution in [0.1, 0.15) is 45.5 Å². The van der Waals surface area contributed by atoms with Crippen LogP contribution in [0.2, 0.25) is 0 Å². The van der Waals surface area contributed by atoms with Crippen molar-refractivity contribution in [2.24, 2.45) is 0 Å². The number of aromatic nitrogens is 2. The lowest BCUT2D eigenvalue weighted by molar-refractivity contribution is 0.300. The minimum Gasteiger partial charge on any atom is -0.311 e. The topological polar surface area (TPSA) is 44.0 Å². The predicted octanol–water partition coefficient (Wildman–Crippen LogP) is 2.18. The number of nitrogens with one attached hydrogen (secondary N) is 2. The van der Waals surface area contributed by atoms with Crippen LogP contribution in [0.5, 0.6) is 0 Å². The van der Waals surface area contributed by atoms with Crippen molar-refractivity contribution in [3.8, 4) is 0 Å². The van der Waals surface area contributed by atoms with E-state index in [4.69, 9.17) is 0 Å². The Kier molecular flexibility index (Phi) is 5.82. The van der Waals surface area contributed by atoms with Gasteiger partial charge in [0.2, 0.25) is 0 Å². The second-order valence-electron chi connectivity index (χ2n) is 6.05. The minimum atomic E-state index is 0.198. The normalized spacial score (nSPS) is 12.3. The van der Waals surface area contributed by atoms with Crippen LogP contribution in [0.15, 0.2) is 6.07 Å². The zero-order chi connectivity index (χ0) is 13.6. The van der Waals surface area contributed by atoms with Crippen molar-refractivity contribution in [3.63, 3.8) is 0 Å². The number of rotatable bonds is 7. The van der Waals surface area contributed by atoms with Crippen LogP contribution >= 0.6 is 0 Å². The van der Waals surface area contributed by atoms with Crippen molar-refractivity contribution in [2.45, 2.75) is 52.6 Å². The second-order valence-corrected chi connectivity index (χ2v) is 6.05. The molecule has 0 radical (unpaired) electrons. The van der Waals surface area contributed by atoms with E-state index in [0.29, 0.717) is 0 Å². The lowest BCUT2D eigenvalue weighted by Crippen LogP contribution is -2.40. The van der Waals surface area contributed by atoms with Gasteiger partial charge in [-0.15, -0.1) is 0 Å². The first-order chi connectivity index (χ1) is 8.40. The molecule has 1 aromatic heterocycles. The van der Waals surface area contributed by atoms with Gasteiger partial charge in [0.15, 0.2) is 0 Å². The molecular weight excluding hydrogens is 224 g/mol. The SMILES string of the molecule is CCCc1cc(CN(C)CCNC(C)(C)C)[nH]n1. The Labute approximate surface area is 111 Å². The molecule has 4 heteroatoms. The number of H-pyrrole nitrogens is 1. The molecule has 0 aliphatic heterocycles. The molecule has 104 valence electrons. The Morgan fingerprint density at radius 2 is 2.11 bits per heavy atom. The fraction of sp³-hybridized carbons (Fsp3) is 0.786. The molecule has 0 aliphatic rings. The molecule has 18 heavy (non-hydrogen) atoms. The van der Waals surface area contributed by atoms with Crippen LogP contribution < -0.4 is 5.32 Å². The van der Waals surface area contributed by atoms with Gasteiger partial charge in [-0.2, -0.15) is 5.10 Å². The second kappa shape index (κ2) is 6.90. The van der Waals surface area contributed by atoms with Gasteiger partial charge in [-0.1, -0.05) is 13.3 Å². The summed E-state index contributed by atoms with van der Waals surface area (Å²) in [5.41, 5.74) is 2.58. The van der Waals surface area contributed by atoms with Crippen molar-refractivity contribution < 1.29 is 0 Å². The monoisotopic (exact) mass is 252 g/mol. The van der Waals surface area contributed by atoms with Gasteiger partial charge in [-0.05, 0) is 40.3 Å². The highest BCUT2D eigenvalue weighted by molar-refractivity contribution is 5.08. The lowest BCUT2D eigenvalue weighted by Gasteiger charge is -2.23. The van der Waals surface area contributed by atoms with Gasteiger partial charge in [-0.25, -0.2) is 0 Å². The van der Waals surface area contributed by atoms with Gasteiger partial charge >= 0.3 is 0 Å². The van der Waals surface area contributed by atoms with Gasteiger partial charge in [0.25, 0.3) is 0 Å². The van der Waals surface area contributed by atoms with Crippen LogP contribution in [-0.4, -0.2) is 40.8 Å². The number of nitrogens with zero attached hydrogens (tertiary/aromatic N) is 2. The summed E-state index contributed by atoms with van der Waals surface area (Å²) in [4.78, 5) is 2.31. The molecule has 1 aromatic rings. The predicted molar refractivity (Wildman–Crippen MR) is 76.7 cm³/mol. The Morgan fingerprint density at radius 1 is 1.39 bits per heavy atom. The summed E-state index contributed by atoms with van der Waals surface area (Å²) in [5, 5.41) is 10.9. The van der Waals surface area contributed by atoms with Gasteiger partial charge in [0.1, 0.15) is 0 Å². The van der Waals surface area contributed by atoms with E-state index in [0.717, 1.165) is 32.5 Å². The molecular formula is C14H28N4. The molecule has 2 N–H and O–H groups in total.